The monoisotopic (exact) mass is 356 g/mol. The van der Waals surface area contributed by atoms with Crippen molar-refractivity contribution in [3.63, 3.8) is 0 Å². The van der Waals surface area contributed by atoms with Crippen molar-refractivity contribution < 1.29 is 9.53 Å². The Kier molecular flexibility index (Phi) is 4.72. The highest BCUT2D eigenvalue weighted by atomic mass is 35.5. The Bertz CT molecular complexity index is 937. The van der Waals surface area contributed by atoms with Gasteiger partial charge in [-0.1, -0.05) is 23.2 Å². The molecule has 0 aliphatic carbocycles. The summed E-state index contributed by atoms with van der Waals surface area (Å²) >= 11 is 6.35. The molecule has 6 nitrogen and oxygen atoms in total. The highest BCUT2D eigenvalue weighted by Gasteiger charge is 2.21. The van der Waals surface area contributed by atoms with Crippen LogP contribution in [0.5, 0.6) is 0 Å². The third kappa shape index (κ3) is 3.49. The van der Waals surface area contributed by atoms with Gasteiger partial charge in [0.15, 0.2) is 0 Å². The molecule has 2 aromatic heterocycles. The Morgan fingerprint density at radius 1 is 1.32 bits per heavy atom. The molecule has 2 heterocycles. The molecule has 1 aromatic carbocycles. The number of rotatable bonds is 4. The number of hydrogen-bond donors (Lipinski definition) is 2. The number of nitrogens with two attached hydrogens (primary N) is 1. The van der Waals surface area contributed by atoms with Gasteiger partial charge in [0, 0.05) is 16.8 Å². The molecule has 7 heteroatoms. The number of nitrogens with one attached hydrogen (secondary N) is 1. The van der Waals surface area contributed by atoms with E-state index < -0.39 is 5.97 Å². The molecule has 128 valence electrons. The summed E-state index contributed by atoms with van der Waals surface area (Å²) in [5.74, 6) is -0.278. The highest BCUT2D eigenvalue weighted by molar-refractivity contribution is 6.33. The lowest BCUT2D eigenvalue weighted by Gasteiger charge is -2.07. The number of hydrogen-bond acceptors (Lipinski definition) is 5. The zero-order valence-corrected chi connectivity index (χ0v) is 14.6. The van der Waals surface area contributed by atoms with Crippen LogP contribution >= 0.6 is 11.6 Å². The Balaban J connectivity index is 2.19. The zero-order valence-electron chi connectivity index (χ0n) is 13.8. The summed E-state index contributed by atoms with van der Waals surface area (Å²) < 4.78 is 5.17. The molecular weight excluding hydrogens is 340 g/mol. The van der Waals surface area contributed by atoms with E-state index in [1.165, 1.54) is 0 Å². The molecule has 0 amide bonds. The van der Waals surface area contributed by atoms with Crippen molar-refractivity contribution in [2.75, 3.05) is 12.3 Å². The summed E-state index contributed by atoms with van der Waals surface area (Å²) in [6, 6.07) is 9.01. The van der Waals surface area contributed by atoms with Gasteiger partial charge in [-0.15, -0.1) is 0 Å². The topological polar surface area (TPSA) is 93.9 Å². The van der Waals surface area contributed by atoms with Crippen molar-refractivity contribution in [3.8, 4) is 22.6 Å². The number of carbonyl (C=O) groups is 1. The van der Waals surface area contributed by atoms with Crippen LogP contribution in [0, 0.1) is 6.92 Å². The van der Waals surface area contributed by atoms with Crippen LogP contribution in [0.3, 0.4) is 0 Å². The second-order valence-electron chi connectivity index (χ2n) is 5.48. The quantitative estimate of drug-likeness (QED) is 0.692. The first-order valence-corrected chi connectivity index (χ1v) is 8.13. The maximum atomic E-state index is 12.4. The third-order valence-electron chi connectivity index (χ3n) is 3.65. The van der Waals surface area contributed by atoms with Crippen LogP contribution in [0.15, 0.2) is 36.5 Å². The number of aromatic amines is 1. The molecule has 3 N–H and O–H groups in total. The third-order valence-corrected chi connectivity index (χ3v) is 3.98. The van der Waals surface area contributed by atoms with E-state index in [9.17, 15) is 4.79 Å². The van der Waals surface area contributed by atoms with Crippen LogP contribution in [-0.2, 0) is 4.74 Å². The fourth-order valence-electron chi connectivity index (χ4n) is 2.53. The lowest BCUT2D eigenvalue weighted by Crippen LogP contribution is -2.05. The first kappa shape index (κ1) is 17.0. The number of aromatic nitrogens is 3. The van der Waals surface area contributed by atoms with Gasteiger partial charge >= 0.3 is 5.97 Å². The number of carbonyl (C=O) groups excluding carboxylic acids is 1. The predicted molar refractivity (Wildman–Crippen MR) is 97.4 cm³/mol. The molecule has 0 saturated carbocycles. The molecule has 3 rings (SSSR count). The number of halogens is 1. The van der Waals surface area contributed by atoms with Gasteiger partial charge in [0.05, 0.1) is 29.3 Å². The second kappa shape index (κ2) is 6.94. The van der Waals surface area contributed by atoms with Crippen LogP contribution in [0.1, 0.15) is 22.8 Å². The number of H-pyrrole nitrogens is 1. The van der Waals surface area contributed by atoms with E-state index in [-0.39, 0.29) is 12.6 Å². The van der Waals surface area contributed by atoms with E-state index in [4.69, 9.17) is 22.1 Å². The van der Waals surface area contributed by atoms with Crippen molar-refractivity contribution in [2.45, 2.75) is 13.8 Å². The van der Waals surface area contributed by atoms with Gasteiger partial charge in [-0.25, -0.2) is 14.8 Å². The lowest BCUT2D eigenvalue weighted by molar-refractivity contribution is 0.0527. The smallest absolute Gasteiger partial charge is 0.340 e. The van der Waals surface area contributed by atoms with Gasteiger partial charge in [0.25, 0.3) is 0 Å². The Hall–Kier alpha value is -2.86. The van der Waals surface area contributed by atoms with Crippen molar-refractivity contribution in [3.05, 3.63) is 52.7 Å². The standard InChI is InChI=1S/C18H17ClN4O2/c1-3-25-17(24)12-9-15(14-6-7-21-18(20)23-14)22-16(12)11-8-10(2)4-5-13(11)19/h4-9,22H,3H2,1-2H3,(H2,20,21,23). The lowest BCUT2D eigenvalue weighted by atomic mass is 10.1. The van der Waals surface area contributed by atoms with E-state index in [1.54, 1.807) is 31.3 Å². The molecule has 0 bridgehead atoms. The number of aryl methyl sites for hydroxylation is 1. The maximum Gasteiger partial charge on any atom is 0.340 e. The Labute approximate surface area is 150 Å². The molecular formula is C18H17ClN4O2. The summed E-state index contributed by atoms with van der Waals surface area (Å²) in [5, 5.41) is 0.534. The van der Waals surface area contributed by atoms with Crippen molar-refractivity contribution in [1.82, 2.24) is 15.0 Å². The summed E-state index contributed by atoms with van der Waals surface area (Å²) in [7, 11) is 0. The molecule has 0 atom stereocenters. The summed E-state index contributed by atoms with van der Waals surface area (Å²) in [5.41, 5.74) is 9.58. The van der Waals surface area contributed by atoms with E-state index in [1.807, 2.05) is 19.1 Å². The molecule has 0 spiro atoms. The minimum Gasteiger partial charge on any atom is -0.462 e. The molecule has 0 aliphatic rings. The van der Waals surface area contributed by atoms with E-state index in [2.05, 4.69) is 15.0 Å². The van der Waals surface area contributed by atoms with E-state index in [0.29, 0.717) is 27.7 Å². The Morgan fingerprint density at radius 3 is 2.84 bits per heavy atom. The molecule has 3 aromatic rings. The molecule has 0 saturated heterocycles. The van der Waals surface area contributed by atoms with Gasteiger partial charge in [-0.3, -0.25) is 0 Å². The van der Waals surface area contributed by atoms with Gasteiger partial charge < -0.3 is 15.5 Å². The maximum absolute atomic E-state index is 12.4. The number of nitrogens with zero attached hydrogens (tertiary/aromatic N) is 2. The van der Waals surface area contributed by atoms with Gasteiger partial charge in [0.2, 0.25) is 5.95 Å². The van der Waals surface area contributed by atoms with Crippen molar-refractivity contribution in [2.24, 2.45) is 0 Å². The molecule has 0 aliphatic heterocycles. The predicted octanol–water partition coefficient (Wildman–Crippen LogP) is 3.86. The van der Waals surface area contributed by atoms with Gasteiger partial charge in [0.1, 0.15) is 0 Å². The zero-order chi connectivity index (χ0) is 18.0. The fourth-order valence-corrected chi connectivity index (χ4v) is 2.74. The van der Waals surface area contributed by atoms with Gasteiger partial charge in [-0.2, -0.15) is 0 Å². The SMILES string of the molecule is CCOC(=O)c1cc(-c2ccnc(N)n2)[nH]c1-c1cc(C)ccc1Cl. The molecule has 25 heavy (non-hydrogen) atoms. The summed E-state index contributed by atoms with van der Waals surface area (Å²) in [6.45, 7) is 4.00. The van der Waals surface area contributed by atoms with Crippen molar-refractivity contribution in [1.29, 1.82) is 0 Å². The van der Waals surface area contributed by atoms with Crippen LogP contribution in [0.2, 0.25) is 5.02 Å². The first-order valence-electron chi connectivity index (χ1n) is 7.75. The number of esters is 1. The van der Waals surface area contributed by atoms with Crippen LogP contribution in [-0.4, -0.2) is 27.5 Å². The molecule has 0 radical (unpaired) electrons. The van der Waals surface area contributed by atoms with Crippen LogP contribution < -0.4 is 5.73 Å². The molecule has 0 fully saturated rings. The van der Waals surface area contributed by atoms with Crippen molar-refractivity contribution >= 4 is 23.5 Å². The minimum absolute atomic E-state index is 0.153. The number of nitrogen functional groups attached to an aromatic ring is 1. The normalized spacial score (nSPS) is 10.7. The average Bonchev–Trinajstić information content (AvgIpc) is 3.02. The highest BCUT2D eigenvalue weighted by Crippen LogP contribution is 2.34. The van der Waals surface area contributed by atoms with Crippen LogP contribution in [0.25, 0.3) is 22.6 Å². The largest absolute Gasteiger partial charge is 0.462 e. The summed E-state index contributed by atoms with van der Waals surface area (Å²) in [6.07, 6.45) is 1.56. The Morgan fingerprint density at radius 2 is 2.12 bits per heavy atom. The van der Waals surface area contributed by atoms with Crippen LogP contribution in [0.4, 0.5) is 5.95 Å². The van der Waals surface area contributed by atoms with E-state index >= 15 is 0 Å². The average molecular weight is 357 g/mol. The van der Waals surface area contributed by atoms with E-state index in [0.717, 1.165) is 11.1 Å². The number of ether oxygens (including phenoxy) is 1. The summed E-state index contributed by atoms with van der Waals surface area (Å²) in [4.78, 5) is 23.7. The second-order valence-corrected chi connectivity index (χ2v) is 5.88. The minimum atomic E-state index is -0.431. The first-order chi connectivity index (χ1) is 12.0. The number of anilines is 1. The van der Waals surface area contributed by atoms with Gasteiger partial charge in [-0.05, 0) is 38.1 Å². The fraction of sp³-hybridized carbons (Fsp3) is 0.167. The molecule has 0 unspecified atom stereocenters. The number of benzene rings is 1.